The van der Waals surface area contributed by atoms with Crippen LogP contribution in [0.5, 0.6) is 0 Å². The number of carboxylic acid groups (broad SMARTS) is 1. The van der Waals surface area contributed by atoms with Gasteiger partial charge < -0.3 is 10.4 Å². The number of carboxylic acids is 1. The summed E-state index contributed by atoms with van der Waals surface area (Å²) in [6.07, 6.45) is 0. The van der Waals surface area contributed by atoms with Crippen LogP contribution in [0.15, 0.2) is 48.5 Å². The highest BCUT2D eigenvalue weighted by molar-refractivity contribution is 6.00. The second-order valence-corrected chi connectivity index (χ2v) is 4.87. The number of amides is 1. The number of nitro benzene ring substituents is 2. The Balaban J connectivity index is 2.38. The molecule has 1 atom stereocenters. The van der Waals surface area contributed by atoms with Gasteiger partial charge in [0.15, 0.2) is 6.04 Å². The number of carbonyl (C=O) groups is 2. The number of carbonyl (C=O) groups excluding carboxylic acids is 1. The molecule has 128 valence electrons. The van der Waals surface area contributed by atoms with Gasteiger partial charge in [0, 0.05) is 6.07 Å². The lowest BCUT2D eigenvalue weighted by Gasteiger charge is -2.14. The molecule has 0 unspecified atom stereocenters. The van der Waals surface area contributed by atoms with E-state index in [0.717, 1.165) is 12.1 Å². The van der Waals surface area contributed by atoms with Crippen LogP contribution >= 0.6 is 0 Å². The molecule has 10 heteroatoms. The maximum absolute atomic E-state index is 12.3. The molecule has 1 amide bonds. The normalized spacial score (nSPS) is 11.4. The van der Waals surface area contributed by atoms with Gasteiger partial charge in [-0.05, 0) is 11.6 Å². The molecule has 2 aromatic carbocycles. The molecule has 0 aromatic heterocycles. The van der Waals surface area contributed by atoms with Crippen LogP contribution in [0.3, 0.4) is 0 Å². The monoisotopic (exact) mass is 345 g/mol. The summed E-state index contributed by atoms with van der Waals surface area (Å²) in [7, 11) is 0. The number of nitro groups is 2. The van der Waals surface area contributed by atoms with E-state index < -0.39 is 44.7 Å². The summed E-state index contributed by atoms with van der Waals surface area (Å²) < 4.78 is 0. The summed E-state index contributed by atoms with van der Waals surface area (Å²) in [5, 5.41) is 33.3. The fraction of sp³-hybridized carbons (Fsp3) is 0.0667. The van der Waals surface area contributed by atoms with Crippen LogP contribution in [0.4, 0.5) is 11.4 Å². The number of nitrogens with zero attached hydrogens (tertiary/aromatic N) is 2. The van der Waals surface area contributed by atoms with Crippen LogP contribution in [-0.4, -0.2) is 26.8 Å². The highest BCUT2D eigenvalue weighted by Gasteiger charge is 2.28. The van der Waals surface area contributed by atoms with E-state index in [9.17, 15) is 34.9 Å². The Morgan fingerprint density at radius 3 is 2.16 bits per heavy atom. The molecule has 2 N–H and O–H groups in total. The first-order chi connectivity index (χ1) is 11.8. The van der Waals surface area contributed by atoms with Crippen LogP contribution in [0.2, 0.25) is 0 Å². The number of non-ortho nitro benzene ring substituents is 1. The van der Waals surface area contributed by atoms with Crippen molar-refractivity contribution < 1.29 is 24.5 Å². The van der Waals surface area contributed by atoms with Crippen LogP contribution in [0.1, 0.15) is 22.0 Å². The van der Waals surface area contributed by atoms with Gasteiger partial charge >= 0.3 is 5.97 Å². The smallest absolute Gasteiger partial charge is 0.330 e. The predicted octanol–water partition coefficient (Wildman–Crippen LogP) is 2.06. The molecule has 10 nitrogen and oxygen atoms in total. The van der Waals surface area contributed by atoms with Crippen molar-refractivity contribution in [1.29, 1.82) is 0 Å². The quantitative estimate of drug-likeness (QED) is 0.600. The van der Waals surface area contributed by atoms with Crippen molar-refractivity contribution in [3.63, 3.8) is 0 Å². The van der Waals surface area contributed by atoms with Gasteiger partial charge in [-0.15, -0.1) is 0 Å². The third-order valence-electron chi connectivity index (χ3n) is 3.29. The molecule has 25 heavy (non-hydrogen) atoms. The molecule has 0 bridgehead atoms. The van der Waals surface area contributed by atoms with E-state index in [-0.39, 0.29) is 5.56 Å². The van der Waals surface area contributed by atoms with E-state index in [1.807, 2.05) is 0 Å². The zero-order valence-electron chi connectivity index (χ0n) is 12.5. The lowest BCUT2D eigenvalue weighted by atomic mass is 10.1. The molecular formula is C15H11N3O7. The minimum atomic E-state index is -1.43. The number of hydrogen-bond donors (Lipinski definition) is 2. The number of aliphatic carboxylic acids is 1. The zero-order valence-corrected chi connectivity index (χ0v) is 12.5. The molecule has 0 aliphatic rings. The molecule has 0 saturated carbocycles. The molecule has 2 aromatic rings. The van der Waals surface area contributed by atoms with E-state index >= 15 is 0 Å². The molecule has 0 heterocycles. The molecule has 0 saturated heterocycles. The Morgan fingerprint density at radius 1 is 1.00 bits per heavy atom. The fourth-order valence-corrected chi connectivity index (χ4v) is 2.12. The molecule has 0 aliphatic carbocycles. The Morgan fingerprint density at radius 2 is 1.64 bits per heavy atom. The summed E-state index contributed by atoms with van der Waals surface area (Å²) in [5.74, 6) is -2.39. The van der Waals surface area contributed by atoms with Crippen molar-refractivity contribution in [2.24, 2.45) is 0 Å². The van der Waals surface area contributed by atoms with E-state index in [4.69, 9.17) is 0 Å². The van der Waals surface area contributed by atoms with Gasteiger partial charge in [-0.1, -0.05) is 30.3 Å². The number of hydrogen-bond acceptors (Lipinski definition) is 6. The van der Waals surface area contributed by atoms with Gasteiger partial charge in [0.05, 0.1) is 15.9 Å². The van der Waals surface area contributed by atoms with Crippen LogP contribution in [-0.2, 0) is 4.79 Å². The second-order valence-electron chi connectivity index (χ2n) is 4.87. The highest BCUT2D eigenvalue weighted by atomic mass is 16.6. The van der Waals surface area contributed by atoms with E-state index in [1.54, 1.807) is 18.2 Å². The summed E-state index contributed by atoms with van der Waals surface area (Å²) in [4.78, 5) is 43.7. The van der Waals surface area contributed by atoms with Gasteiger partial charge in [-0.3, -0.25) is 25.0 Å². The third kappa shape index (κ3) is 3.93. The predicted molar refractivity (Wildman–Crippen MR) is 84.0 cm³/mol. The average molecular weight is 345 g/mol. The van der Waals surface area contributed by atoms with Crippen LogP contribution in [0.25, 0.3) is 0 Å². The molecule has 2 rings (SSSR count). The van der Waals surface area contributed by atoms with E-state index in [0.29, 0.717) is 6.07 Å². The Kier molecular flexibility index (Phi) is 5.03. The summed E-state index contributed by atoms with van der Waals surface area (Å²) in [6.45, 7) is 0. The number of nitrogens with one attached hydrogen (secondary N) is 1. The fourth-order valence-electron chi connectivity index (χ4n) is 2.12. The Labute approximate surface area is 140 Å². The lowest BCUT2D eigenvalue weighted by molar-refractivity contribution is -0.394. The summed E-state index contributed by atoms with van der Waals surface area (Å²) >= 11 is 0. The van der Waals surface area contributed by atoms with Crippen molar-refractivity contribution in [3.8, 4) is 0 Å². The Bertz CT molecular complexity index is 851. The minimum Gasteiger partial charge on any atom is -0.479 e. The summed E-state index contributed by atoms with van der Waals surface area (Å²) in [6, 6.07) is 8.82. The largest absolute Gasteiger partial charge is 0.479 e. The molecular weight excluding hydrogens is 334 g/mol. The average Bonchev–Trinajstić information content (AvgIpc) is 2.59. The zero-order chi connectivity index (χ0) is 18.6. The van der Waals surface area contributed by atoms with Crippen molar-refractivity contribution in [1.82, 2.24) is 5.32 Å². The van der Waals surface area contributed by atoms with Gasteiger partial charge in [-0.2, -0.15) is 0 Å². The lowest BCUT2D eigenvalue weighted by Crippen LogP contribution is -2.34. The maximum Gasteiger partial charge on any atom is 0.330 e. The Hall–Kier alpha value is -3.82. The van der Waals surface area contributed by atoms with Gasteiger partial charge in [0.2, 0.25) is 0 Å². The topological polar surface area (TPSA) is 153 Å². The maximum atomic E-state index is 12.3. The highest BCUT2D eigenvalue weighted by Crippen LogP contribution is 2.25. The SMILES string of the molecule is O=C(N[C@@H](C(=O)O)c1ccccc1)c1ccc([N+](=O)[O-])cc1[N+](=O)[O-]. The molecule has 0 radical (unpaired) electrons. The van der Waals surface area contributed by atoms with E-state index in [1.165, 1.54) is 12.1 Å². The van der Waals surface area contributed by atoms with E-state index in [2.05, 4.69) is 5.32 Å². The van der Waals surface area contributed by atoms with Crippen LogP contribution in [0, 0.1) is 20.2 Å². The number of benzene rings is 2. The van der Waals surface area contributed by atoms with Gasteiger partial charge in [0.25, 0.3) is 17.3 Å². The third-order valence-corrected chi connectivity index (χ3v) is 3.29. The summed E-state index contributed by atoms with van der Waals surface area (Å²) in [5.41, 5.74) is -1.55. The first-order valence-corrected chi connectivity index (χ1v) is 6.82. The molecule has 0 aliphatic heterocycles. The molecule has 0 fully saturated rings. The minimum absolute atomic E-state index is 0.271. The standard InChI is InChI=1S/C15H11N3O7/c19-14(16-13(15(20)21)9-4-2-1-3-5-9)11-7-6-10(17(22)23)8-12(11)18(24)25/h1-8,13H,(H,16,19)(H,20,21)/t13-/m1/s1. The van der Waals surface area contributed by atoms with Gasteiger partial charge in [0.1, 0.15) is 5.56 Å². The second kappa shape index (κ2) is 7.17. The van der Waals surface area contributed by atoms with Crippen molar-refractivity contribution >= 4 is 23.3 Å². The first kappa shape index (κ1) is 17.5. The van der Waals surface area contributed by atoms with Crippen molar-refractivity contribution in [2.45, 2.75) is 6.04 Å². The van der Waals surface area contributed by atoms with Gasteiger partial charge in [-0.25, -0.2) is 4.79 Å². The number of rotatable bonds is 6. The van der Waals surface area contributed by atoms with Crippen molar-refractivity contribution in [2.75, 3.05) is 0 Å². The first-order valence-electron chi connectivity index (χ1n) is 6.82. The van der Waals surface area contributed by atoms with Crippen molar-refractivity contribution in [3.05, 3.63) is 79.9 Å². The van der Waals surface area contributed by atoms with Crippen LogP contribution < -0.4 is 5.32 Å². The molecule has 0 spiro atoms.